The molecule has 0 saturated heterocycles. The molecule has 0 spiro atoms. The lowest BCUT2D eigenvalue weighted by atomic mass is 10.0. The summed E-state index contributed by atoms with van der Waals surface area (Å²) in [4.78, 5) is 14.6. The van der Waals surface area contributed by atoms with Gasteiger partial charge in [-0.05, 0) is 36.5 Å². The van der Waals surface area contributed by atoms with E-state index in [1.54, 1.807) is 12.1 Å². The van der Waals surface area contributed by atoms with Crippen molar-refractivity contribution in [3.8, 4) is 5.75 Å². The Morgan fingerprint density at radius 2 is 0.838 bits per heavy atom. The highest BCUT2D eigenvalue weighted by atomic mass is 17.2. The molecular formula is C33H62O4. The van der Waals surface area contributed by atoms with Gasteiger partial charge in [-0.2, -0.15) is 0 Å². The van der Waals surface area contributed by atoms with Gasteiger partial charge in [0.15, 0.2) is 5.75 Å². The van der Waals surface area contributed by atoms with E-state index in [1.165, 1.54) is 121 Å². The second-order valence-electron chi connectivity index (χ2n) is 10.8. The fourth-order valence-corrected chi connectivity index (χ4v) is 4.33. The topological polar surface area (TPSA) is 47.9 Å². The molecule has 4 heteroatoms. The normalized spacial score (nSPS) is 11.0. The molecule has 4 nitrogen and oxygen atoms in total. The Kier molecular flexibility index (Phi) is 28.6. The van der Waals surface area contributed by atoms with Gasteiger partial charge in [-0.15, -0.1) is 0 Å². The van der Waals surface area contributed by atoms with Gasteiger partial charge in [-0.1, -0.05) is 155 Å². The standard InChI is InChI=1S/C24H50O2.C9H12O2/c1-3-5-7-9-11-13-15-17-19-21-23-25-26-24-22-20-18-16-14-12-10-8-6-4-2;1-7(2)8-3-5-9(11-10)6-4-8/h3-24H2,1-2H3;3-7,10H,1-2H3. The summed E-state index contributed by atoms with van der Waals surface area (Å²) in [5.74, 6) is 0.997. The van der Waals surface area contributed by atoms with Gasteiger partial charge in [0.2, 0.25) is 0 Å². The van der Waals surface area contributed by atoms with Gasteiger partial charge < -0.3 is 4.89 Å². The first-order chi connectivity index (χ1) is 18.2. The molecular weight excluding hydrogens is 460 g/mol. The second kappa shape index (κ2) is 29.5. The number of hydrogen-bond acceptors (Lipinski definition) is 4. The highest BCUT2D eigenvalue weighted by Gasteiger charge is 1.98. The zero-order chi connectivity index (χ0) is 27.2. The summed E-state index contributed by atoms with van der Waals surface area (Å²) in [7, 11) is 0. The zero-order valence-electron chi connectivity index (χ0n) is 25.1. The molecule has 0 fully saturated rings. The van der Waals surface area contributed by atoms with E-state index in [1.807, 2.05) is 12.1 Å². The van der Waals surface area contributed by atoms with Crippen LogP contribution in [0.5, 0.6) is 5.75 Å². The predicted molar refractivity (Wildman–Crippen MR) is 159 cm³/mol. The Morgan fingerprint density at radius 3 is 1.14 bits per heavy atom. The lowest BCUT2D eigenvalue weighted by molar-refractivity contribution is -0.295. The van der Waals surface area contributed by atoms with Gasteiger partial charge in [-0.3, -0.25) is 0 Å². The Labute approximate surface area is 230 Å². The van der Waals surface area contributed by atoms with Gasteiger partial charge in [0.1, 0.15) is 0 Å². The lowest BCUT2D eigenvalue weighted by Crippen LogP contribution is -1.99. The maximum absolute atomic E-state index is 8.27. The monoisotopic (exact) mass is 522 g/mol. The molecule has 1 N–H and O–H groups in total. The second-order valence-corrected chi connectivity index (χ2v) is 10.8. The average Bonchev–Trinajstić information content (AvgIpc) is 2.92. The van der Waals surface area contributed by atoms with Crippen molar-refractivity contribution in [2.24, 2.45) is 0 Å². The minimum absolute atomic E-state index is 0.481. The first kappa shape index (κ1) is 35.9. The average molecular weight is 523 g/mol. The molecule has 218 valence electrons. The number of hydrogen-bond donors (Lipinski definition) is 1. The first-order valence-corrected chi connectivity index (χ1v) is 15.8. The van der Waals surface area contributed by atoms with Crippen molar-refractivity contribution in [3.63, 3.8) is 0 Å². The summed E-state index contributed by atoms with van der Waals surface area (Å²) in [6, 6.07) is 7.37. The Morgan fingerprint density at radius 1 is 0.514 bits per heavy atom. The van der Waals surface area contributed by atoms with E-state index in [0.29, 0.717) is 11.7 Å². The molecule has 0 saturated carbocycles. The molecule has 0 radical (unpaired) electrons. The fourth-order valence-electron chi connectivity index (χ4n) is 4.33. The number of unbranched alkanes of at least 4 members (excludes halogenated alkanes) is 18. The van der Waals surface area contributed by atoms with E-state index in [4.69, 9.17) is 15.0 Å². The highest BCUT2D eigenvalue weighted by Crippen LogP contribution is 2.18. The van der Waals surface area contributed by atoms with Crippen molar-refractivity contribution in [2.75, 3.05) is 13.2 Å². The Bertz CT molecular complexity index is 520. The molecule has 0 atom stereocenters. The van der Waals surface area contributed by atoms with Crippen molar-refractivity contribution < 1.29 is 19.9 Å². The van der Waals surface area contributed by atoms with E-state index < -0.39 is 0 Å². The van der Waals surface area contributed by atoms with Crippen LogP contribution < -0.4 is 4.89 Å². The Hall–Kier alpha value is -1.10. The van der Waals surface area contributed by atoms with E-state index in [2.05, 4.69) is 32.6 Å². The van der Waals surface area contributed by atoms with Gasteiger partial charge in [0.05, 0.1) is 13.2 Å². The first-order valence-electron chi connectivity index (χ1n) is 15.8. The molecule has 1 aromatic rings. The van der Waals surface area contributed by atoms with Crippen molar-refractivity contribution in [2.45, 2.75) is 162 Å². The van der Waals surface area contributed by atoms with Crippen molar-refractivity contribution >= 4 is 0 Å². The van der Waals surface area contributed by atoms with E-state index in [-0.39, 0.29) is 0 Å². The van der Waals surface area contributed by atoms with Crippen LogP contribution >= 0.6 is 0 Å². The van der Waals surface area contributed by atoms with Crippen LogP contribution in [0.3, 0.4) is 0 Å². The van der Waals surface area contributed by atoms with Crippen molar-refractivity contribution in [1.82, 2.24) is 0 Å². The third kappa shape index (κ3) is 26.3. The van der Waals surface area contributed by atoms with Gasteiger partial charge in [0, 0.05) is 0 Å². The third-order valence-corrected chi connectivity index (χ3v) is 6.90. The summed E-state index contributed by atoms with van der Waals surface area (Å²) in [5.41, 5.74) is 1.24. The molecule has 0 aromatic heterocycles. The maximum Gasteiger partial charge on any atom is 0.165 e. The summed E-state index contributed by atoms with van der Waals surface area (Å²) >= 11 is 0. The fraction of sp³-hybridized carbons (Fsp3) is 0.818. The summed E-state index contributed by atoms with van der Waals surface area (Å²) in [6.07, 6.45) is 27.3. The van der Waals surface area contributed by atoms with Crippen LogP contribution in [0.2, 0.25) is 0 Å². The molecule has 0 bridgehead atoms. The zero-order valence-corrected chi connectivity index (χ0v) is 25.1. The minimum Gasteiger partial charge on any atom is -0.340 e. The SMILES string of the molecule is CC(C)c1ccc(OO)cc1.CCCCCCCCCCCCOOCCCCCCCCCCCC. The molecule has 0 aliphatic rings. The molecule has 0 amide bonds. The van der Waals surface area contributed by atoms with Crippen LogP contribution in [-0.4, -0.2) is 18.5 Å². The predicted octanol–water partition coefficient (Wildman–Crippen LogP) is 11.4. The Balaban J connectivity index is 0.000000970. The van der Waals surface area contributed by atoms with Gasteiger partial charge in [-0.25, -0.2) is 15.0 Å². The van der Waals surface area contributed by atoms with Crippen LogP contribution in [-0.2, 0) is 9.78 Å². The van der Waals surface area contributed by atoms with Crippen molar-refractivity contribution in [3.05, 3.63) is 29.8 Å². The van der Waals surface area contributed by atoms with Gasteiger partial charge >= 0.3 is 0 Å². The quantitative estimate of drug-likeness (QED) is 0.0788. The highest BCUT2D eigenvalue weighted by molar-refractivity contribution is 5.28. The minimum atomic E-state index is 0.481. The van der Waals surface area contributed by atoms with Crippen LogP contribution in [0, 0.1) is 0 Å². The van der Waals surface area contributed by atoms with Crippen LogP contribution in [0.15, 0.2) is 24.3 Å². The third-order valence-electron chi connectivity index (χ3n) is 6.90. The van der Waals surface area contributed by atoms with E-state index >= 15 is 0 Å². The van der Waals surface area contributed by atoms with Crippen LogP contribution in [0.4, 0.5) is 0 Å². The molecule has 37 heavy (non-hydrogen) atoms. The van der Waals surface area contributed by atoms with Crippen LogP contribution in [0.25, 0.3) is 0 Å². The maximum atomic E-state index is 8.27. The molecule has 0 unspecified atom stereocenters. The van der Waals surface area contributed by atoms with E-state index in [0.717, 1.165) is 26.1 Å². The smallest absolute Gasteiger partial charge is 0.165 e. The van der Waals surface area contributed by atoms with Crippen LogP contribution in [0.1, 0.15) is 168 Å². The summed E-state index contributed by atoms with van der Waals surface area (Å²) in [6.45, 7) is 10.3. The number of benzene rings is 1. The molecule has 1 rings (SSSR count). The molecule has 1 aromatic carbocycles. The summed E-state index contributed by atoms with van der Waals surface area (Å²) < 4.78 is 0. The van der Waals surface area contributed by atoms with Crippen molar-refractivity contribution in [1.29, 1.82) is 0 Å². The molecule has 0 aliphatic carbocycles. The lowest BCUT2D eigenvalue weighted by Gasteiger charge is -2.05. The number of rotatable bonds is 25. The molecule has 0 aliphatic heterocycles. The van der Waals surface area contributed by atoms with E-state index in [9.17, 15) is 0 Å². The van der Waals surface area contributed by atoms with Gasteiger partial charge in [0.25, 0.3) is 0 Å². The summed E-state index contributed by atoms with van der Waals surface area (Å²) in [5, 5.41) is 8.27. The largest absolute Gasteiger partial charge is 0.340 e. The molecule has 0 heterocycles.